The number of hydrogen-bond donors (Lipinski definition) is 2. The molecule has 0 radical (unpaired) electrons. The van der Waals surface area contributed by atoms with Gasteiger partial charge in [-0.2, -0.15) is 0 Å². The highest BCUT2D eigenvalue weighted by Gasteiger charge is 2.23. The number of guanidine groups is 1. The fraction of sp³-hybridized carbons (Fsp3) is 0.682. The van der Waals surface area contributed by atoms with E-state index in [-0.39, 0.29) is 5.91 Å². The molecule has 2 aliphatic rings. The number of piperidine rings is 1. The van der Waals surface area contributed by atoms with Crippen molar-refractivity contribution >= 4 is 17.7 Å². The average Bonchev–Trinajstić information content (AvgIpc) is 2.76. The van der Waals surface area contributed by atoms with Gasteiger partial charge in [-0.1, -0.05) is 6.92 Å². The Bertz CT molecular complexity index is 715. The molecule has 3 N–H and O–H groups in total. The molecule has 3 heterocycles. The standard InChI is InChI=1S/C22H37N7O/c1-3-24-22(29-9-5-6-19(17-29)14-20(23)30)26-16-18-7-8-25-21(15-18)28-12-10-27(4-2)11-13-28/h7-8,15,19H,3-6,9-14,16-17H2,1-2H3,(H2,23,30)(H,24,26). The maximum absolute atomic E-state index is 11.3. The van der Waals surface area contributed by atoms with Gasteiger partial charge in [0.05, 0.1) is 6.54 Å². The summed E-state index contributed by atoms with van der Waals surface area (Å²) in [5.41, 5.74) is 6.58. The number of carbonyl (C=O) groups excluding carboxylic acids is 1. The number of primary amides is 1. The van der Waals surface area contributed by atoms with E-state index < -0.39 is 0 Å². The lowest BCUT2D eigenvalue weighted by atomic mass is 9.95. The van der Waals surface area contributed by atoms with E-state index in [0.29, 0.717) is 18.9 Å². The van der Waals surface area contributed by atoms with Gasteiger partial charge >= 0.3 is 0 Å². The minimum Gasteiger partial charge on any atom is -0.370 e. The van der Waals surface area contributed by atoms with Crippen molar-refractivity contribution in [3.8, 4) is 0 Å². The predicted molar refractivity (Wildman–Crippen MR) is 121 cm³/mol. The van der Waals surface area contributed by atoms with Crippen LogP contribution in [-0.2, 0) is 11.3 Å². The molecule has 1 amide bonds. The number of amides is 1. The van der Waals surface area contributed by atoms with Crippen LogP contribution in [0.25, 0.3) is 0 Å². The molecule has 0 saturated carbocycles. The van der Waals surface area contributed by atoms with Gasteiger partial charge in [0.25, 0.3) is 0 Å². The molecule has 2 fully saturated rings. The number of likely N-dealkylation sites (N-methyl/N-ethyl adjacent to an activating group) is 1. The second kappa shape index (κ2) is 11.2. The van der Waals surface area contributed by atoms with Crippen LogP contribution in [0.15, 0.2) is 23.3 Å². The summed E-state index contributed by atoms with van der Waals surface area (Å²) in [4.78, 5) is 27.9. The lowest BCUT2D eigenvalue weighted by Gasteiger charge is -2.35. The molecule has 3 rings (SSSR count). The first-order valence-electron chi connectivity index (χ1n) is 11.3. The lowest BCUT2D eigenvalue weighted by Crippen LogP contribution is -2.47. The number of piperazine rings is 1. The van der Waals surface area contributed by atoms with Gasteiger partial charge in [-0.15, -0.1) is 0 Å². The van der Waals surface area contributed by atoms with Crippen molar-refractivity contribution in [2.75, 3.05) is 57.3 Å². The molecule has 1 aromatic rings. The quantitative estimate of drug-likeness (QED) is 0.515. The zero-order valence-electron chi connectivity index (χ0n) is 18.5. The molecule has 2 aliphatic heterocycles. The normalized spacial score (nSPS) is 21.0. The zero-order chi connectivity index (χ0) is 21.3. The average molecular weight is 416 g/mol. The fourth-order valence-electron chi connectivity index (χ4n) is 4.33. The van der Waals surface area contributed by atoms with Gasteiger partial charge < -0.3 is 25.8 Å². The Morgan fingerprint density at radius 1 is 1.27 bits per heavy atom. The first kappa shape index (κ1) is 22.3. The Kier molecular flexibility index (Phi) is 8.30. The Morgan fingerprint density at radius 3 is 2.77 bits per heavy atom. The van der Waals surface area contributed by atoms with Crippen LogP contribution in [0.1, 0.15) is 38.7 Å². The first-order valence-corrected chi connectivity index (χ1v) is 11.3. The van der Waals surface area contributed by atoms with Gasteiger partial charge in [0.15, 0.2) is 5.96 Å². The highest BCUT2D eigenvalue weighted by molar-refractivity contribution is 5.80. The number of nitrogens with one attached hydrogen (secondary N) is 1. The monoisotopic (exact) mass is 415 g/mol. The molecule has 2 saturated heterocycles. The van der Waals surface area contributed by atoms with Crippen LogP contribution in [0, 0.1) is 5.92 Å². The van der Waals surface area contributed by atoms with E-state index in [9.17, 15) is 4.79 Å². The summed E-state index contributed by atoms with van der Waals surface area (Å²) in [6, 6.07) is 4.21. The highest BCUT2D eigenvalue weighted by atomic mass is 16.1. The third-order valence-electron chi connectivity index (χ3n) is 6.01. The number of nitrogens with two attached hydrogens (primary N) is 1. The summed E-state index contributed by atoms with van der Waals surface area (Å²) in [6.07, 6.45) is 4.46. The largest absolute Gasteiger partial charge is 0.370 e. The van der Waals surface area contributed by atoms with Crippen LogP contribution in [0.4, 0.5) is 5.82 Å². The summed E-state index contributed by atoms with van der Waals surface area (Å²) in [5, 5.41) is 3.41. The number of carbonyl (C=O) groups is 1. The molecular formula is C22H37N7O. The molecule has 30 heavy (non-hydrogen) atoms. The molecule has 1 unspecified atom stereocenters. The van der Waals surface area contributed by atoms with E-state index in [1.54, 1.807) is 0 Å². The van der Waals surface area contributed by atoms with E-state index in [1.807, 2.05) is 12.3 Å². The number of aromatic nitrogens is 1. The van der Waals surface area contributed by atoms with Gasteiger partial charge in [-0.05, 0) is 49.9 Å². The Morgan fingerprint density at radius 2 is 2.07 bits per heavy atom. The van der Waals surface area contributed by atoms with Crippen LogP contribution < -0.4 is 16.0 Å². The topological polar surface area (TPSA) is 90.1 Å². The molecule has 166 valence electrons. The second-order valence-corrected chi connectivity index (χ2v) is 8.24. The number of anilines is 1. The number of pyridine rings is 1. The van der Waals surface area contributed by atoms with Gasteiger partial charge in [-0.25, -0.2) is 9.98 Å². The van der Waals surface area contributed by atoms with Gasteiger partial charge in [0.1, 0.15) is 5.82 Å². The number of nitrogens with zero attached hydrogens (tertiary/aromatic N) is 5. The number of rotatable bonds is 7. The van der Waals surface area contributed by atoms with Crippen molar-refractivity contribution in [1.29, 1.82) is 0 Å². The molecule has 0 aliphatic carbocycles. The van der Waals surface area contributed by atoms with E-state index in [1.165, 1.54) is 5.56 Å². The molecule has 1 atom stereocenters. The smallest absolute Gasteiger partial charge is 0.217 e. The number of hydrogen-bond acceptors (Lipinski definition) is 5. The summed E-state index contributed by atoms with van der Waals surface area (Å²) in [7, 11) is 0. The third kappa shape index (κ3) is 6.32. The first-order chi connectivity index (χ1) is 14.6. The summed E-state index contributed by atoms with van der Waals surface area (Å²) in [5.74, 6) is 2.06. The highest BCUT2D eigenvalue weighted by Crippen LogP contribution is 2.20. The summed E-state index contributed by atoms with van der Waals surface area (Å²) in [6.45, 7) is 12.9. The van der Waals surface area contributed by atoms with Crippen molar-refractivity contribution < 1.29 is 4.79 Å². The van der Waals surface area contributed by atoms with Gasteiger partial charge in [0, 0.05) is 58.4 Å². The number of likely N-dealkylation sites (tertiary alicyclic amines) is 1. The fourth-order valence-corrected chi connectivity index (χ4v) is 4.33. The maximum Gasteiger partial charge on any atom is 0.217 e. The van der Waals surface area contributed by atoms with Gasteiger partial charge in [0.2, 0.25) is 5.91 Å². The maximum atomic E-state index is 11.3. The van der Waals surface area contributed by atoms with E-state index in [0.717, 1.165) is 77.0 Å². The summed E-state index contributed by atoms with van der Waals surface area (Å²) >= 11 is 0. The van der Waals surface area contributed by atoms with Crippen LogP contribution in [0.5, 0.6) is 0 Å². The van der Waals surface area contributed by atoms with Gasteiger partial charge in [-0.3, -0.25) is 4.79 Å². The van der Waals surface area contributed by atoms with Crippen LogP contribution in [0.2, 0.25) is 0 Å². The van der Waals surface area contributed by atoms with Crippen molar-refractivity contribution in [2.45, 2.75) is 39.7 Å². The molecule has 0 spiro atoms. The van der Waals surface area contributed by atoms with E-state index in [2.05, 4.69) is 44.9 Å². The lowest BCUT2D eigenvalue weighted by molar-refractivity contribution is -0.119. The van der Waals surface area contributed by atoms with E-state index in [4.69, 9.17) is 10.7 Å². The zero-order valence-corrected chi connectivity index (χ0v) is 18.5. The van der Waals surface area contributed by atoms with Crippen LogP contribution >= 0.6 is 0 Å². The Hall–Kier alpha value is -2.35. The summed E-state index contributed by atoms with van der Waals surface area (Å²) < 4.78 is 0. The van der Waals surface area contributed by atoms with Crippen molar-refractivity contribution in [1.82, 2.24) is 20.1 Å². The number of aliphatic imine (C=N–C) groups is 1. The van der Waals surface area contributed by atoms with Crippen molar-refractivity contribution in [2.24, 2.45) is 16.6 Å². The molecular weight excluding hydrogens is 378 g/mol. The Labute approximate surface area is 180 Å². The molecule has 8 heteroatoms. The molecule has 0 bridgehead atoms. The van der Waals surface area contributed by atoms with Crippen LogP contribution in [0.3, 0.4) is 0 Å². The predicted octanol–water partition coefficient (Wildman–Crippen LogP) is 1.28. The van der Waals surface area contributed by atoms with E-state index >= 15 is 0 Å². The molecule has 0 aromatic carbocycles. The Balaban J connectivity index is 1.64. The SMILES string of the molecule is CCNC(=NCc1ccnc(N2CCN(CC)CC2)c1)N1CCCC(CC(N)=O)C1. The second-order valence-electron chi connectivity index (χ2n) is 8.24. The molecule has 8 nitrogen and oxygen atoms in total. The third-order valence-corrected chi connectivity index (χ3v) is 6.01. The van der Waals surface area contributed by atoms with Crippen molar-refractivity contribution in [3.05, 3.63) is 23.9 Å². The molecule has 1 aromatic heterocycles. The minimum absolute atomic E-state index is 0.215. The van der Waals surface area contributed by atoms with Crippen LogP contribution in [-0.4, -0.2) is 79.0 Å². The minimum atomic E-state index is -0.215. The van der Waals surface area contributed by atoms with Crippen molar-refractivity contribution in [3.63, 3.8) is 0 Å².